The Morgan fingerprint density at radius 3 is 2.46 bits per heavy atom. The molecule has 3 nitrogen and oxygen atoms in total. The summed E-state index contributed by atoms with van der Waals surface area (Å²) in [5, 5.41) is 0.761. The maximum Gasteiger partial charge on any atom is 0.210 e. The molecule has 0 atom stereocenters. The van der Waals surface area contributed by atoms with Crippen molar-refractivity contribution in [2.75, 3.05) is 13.1 Å². The quantitative estimate of drug-likeness (QED) is 0.759. The number of piperidine rings is 1. The fourth-order valence-corrected chi connectivity index (χ4v) is 3.86. The zero-order valence-electron chi connectivity index (χ0n) is 14.4. The lowest BCUT2D eigenvalue weighted by molar-refractivity contribution is -0.133. The predicted octanol–water partition coefficient (Wildman–Crippen LogP) is 4.74. The highest BCUT2D eigenvalue weighted by Gasteiger charge is 2.47. The molecule has 1 fully saturated rings. The lowest BCUT2D eigenvalue weighted by atomic mass is 9.84. The van der Waals surface area contributed by atoms with Gasteiger partial charge in [0.15, 0.2) is 5.60 Å². The summed E-state index contributed by atoms with van der Waals surface area (Å²) in [7, 11) is 0. The first-order valence-electron chi connectivity index (χ1n) is 8.61. The van der Waals surface area contributed by atoms with E-state index in [4.69, 9.17) is 16.3 Å². The molecule has 136 valence electrons. The van der Waals surface area contributed by atoms with Crippen LogP contribution in [-0.2, 0) is 16.1 Å². The number of hydrogen-bond acceptors (Lipinski definition) is 3. The topological polar surface area (TPSA) is 29.5 Å². The first-order valence-corrected chi connectivity index (χ1v) is 8.99. The van der Waals surface area contributed by atoms with E-state index in [1.807, 2.05) is 48.5 Å². The van der Waals surface area contributed by atoms with Gasteiger partial charge in [0.25, 0.3) is 0 Å². The summed E-state index contributed by atoms with van der Waals surface area (Å²) in [5.41, 5.74) is 2.16. The van der Waals surface area contributed by atoms with E-state index in [1.165, 1.54) is 5.56 Å². The van der Waals surface area contributed by atoms with Gasteiger partial charge in [0.2, 0.25) is 5.78 Å². The molecule has 26 heavy (non-hydrogen) atoms. The van der Waals surface area contributed by atoms with E-state index < -0.39 is 5.60 Å². The molecule has 2 aliphatic heterocycles. The molecule has 2 aromatic carbocycles. The van der Waals surface area contributed by atoms with Crippen molar-refractivity contribution in [1.82, 2.24) is 4.90 Å². The lowest BCUT2D eigenvalue weighted by Gasteiger charge is -2.37. The molecule has 0 unspecified atom stereocenters. The average Bonchev–Trinajstić information content (AvgIpc) is 2.94. The van der Waals surface area contributed by atoms with E-state index in [2.05, 4.69) is 11.0 Å². The van der Waals surface area contributed by atoms with Crippen molar-refractivity contribution in [2.24, 2.45) is 0 Å². The molecule has 2 aromatic rings. The van der Waals surface area contributed by atoms with Gasteiger partial charge in [-0.1, -0.05) is 54.1 Å². The Hall–Kier alpha value is -1.81. The van der Waals surface area contributed by atoms with Crippen LogP contribution in [0.15, 0.2) is 60.9 Å². The van der Waals surface area contributed by atoms with E-state index in [9.17, 15) is 4.79 Å². The number of halogens is 2. The molecule has 0 radical (unpaired) electrons. The largest absolute Gasteiger partial charge is 0.486 e. The van der Waals surface area contributed by atoms with Crippen molar-refractivity contribution in [3.63, 3.8) is 0 Å². The second kappa shape index (κ2) is 7.83. The monoisotopic (exact) mass is 389 g/mol. The van der Waals surface area contributed by atoms with Crippen LogP contribution in [0.4, 0.5) is 0 Å². The normalized spacial score (nSPS) is 19.0. The zero-order valence-corrected chi connectivity index (χ0v) is 15.9. The molecule has 2 heterocycles. The number of likely N-dealkylation sites (tertiary alicyclic amines) is 1. The van der Waals surface area contributed by atoms with Gasteiger partial charge in [0, 0.05) is 37.5 Å². The Morgan fingerprint density at radius 1 is 1.04 bits per heavy atom. The van der Waals surface area contributed by atoms with Crippen molar-refractivity contribution in [1.29, 1.82) is 0 Å². The van der Waals surface area contributed by atoms with Crippen molar-refractivity contribution in [3.8, 4) is 0 Å². The van der Waals surface area contributed by atoms with Gasteiger partial charge in [0.05, 0.1) is 11.8 Å². The van der Waals surface area contributed by atoms with Crippen molar-refractivity contribution >= 4 is 35.4 Å². The lowest BCUT2D eigenvalue weighted by Crippen LogP contribution is -2.48. The van der Waals surface area contributed by atoms with Crippen LogP contribution in [0.2, 0.25) is 5.02 Å². The van der Waals surface area contributed by atoms with E-state index >= 15 is 0 Å². The van der Waals surface area contributed by atoms with Gasteiger partial charge < -0.3 is 4.74 Å². The van der Waals surface area contributed by atoms with Gasteiger partial charge in [-0.25, -0.2) is 0 Å². The van der Waals surface area contributed by atoms with Crippen LogP contribution in [0.3, 0.4) is 0 Å². The van der Waals surface area contributed by atoms with Gasteiger partial charge in [-0.15, -0.1) is 12.4 Å². The number of rotatable bonds is 3. The molecule has 0 aromatic heterocycles. The number of hydrogen-bond donors (Lipinski definition) is 0. The summed E-state index contributed by atoms with van der Waals surface area (Å²) < 4.78 is 5.92. The highest BCUT2D eigenvalue weighted by Crippen LogP contribution is 2.38. The maximum atomic E-state index is 13.0. The van der Waals surface area contributed by atoms with Crippen molar-refractivity contribution in [2.45, 2.75) is 25.0 Å². The summed E-state index contributed by atoms with van der Waals surface area (Å²) in [6.45, 7) is 2.53. The van der Waals surface area contributed by atoms with Crippen LogP contribution in [0.5, 0.6) is 0 Å². The van der Waals surface area contributed by atoms with Gasteiger partial charge in [-0.2, -0.15) is 0 Å². The molecule has 0 amide bonds. The standard InChI is InChI=1S/C21H20ClNO2.ClH/c22-18-8-4-5-16(13-18)14-23-11-9-21(10-12-23)20(24)19(15-25-21)17-6-2-1-3-7-17;/h1-8,13,15H,9-12,14H2;1H. The Bertz CT molecular complexity index is 812. The minimum absolute atomic E-state index is 0. The summed E-state index contributed by atoms with van der Waals surface area (Å²) in [5.74, 6) is 0.126. The smallest absolute Gasteiger partial charge is 0.210 e. The number of carbonyl (C=O) groups excluding carboxylic acids is 1. The van der Waals surface area contributed by atoms with E-state index in [0.29, 0.717) is 5.57 Å². The number of carbonyl (C=O) groups is 1. The Kier molecular flexibility index (Phi) is 5.71. The molecule has 5 heteroatoms. The Balaban J connectivity index is 0.00000196. The van der Waals surface area contributed by atoms with Crippen LogP contribution >= 0.6 is 24.0 Å². The third kappa shape index (κ3) is 3.66. The molecule has 0 saturated carbocycles. The highest BCUT2D eigenvalue weighted by atomic mass is 35.5. The second-order valence-corrected chi connectivity index (χ2v) is 7.18. The van der Waals surface area contributed by atoms with Gasteiger partial charge in [-0.3, -0.25) is 9.69 Å². The van der Waals surface area contributed by atoms with E-state index in [1.54, 1.807) is 6.26 Å². The summed E-state index contributed by atoms with van der Waals surface area (Å²) >= 11 is 6.06. The average molecular weight is 390 g/mol. The molecule has 2 aliphatic rings. The fourth-order valence-electron chi connectivity index (χ4n) is 3.65. The third-order valence-corrected chi connectivity index (χ3v) is 5.34. The van der Waals surface area contributed by atoms with Crippen LogP contribution in [-0.4, -0.2) is 29.4 Å². The van der Waals surface area contributed by atoms with Crippen LogP contribution < -0.4 is 0 Å². The SMILES string of the molecule is Cl.O=C1C(c2ccccc2)=COC12CCN(Cc1cccc(Cl)c1)CC2. The summed E-state index contributed by atoms with van der Waals surface area (Å²) in [4.78, 5) is 15.3. The fraction of sp³-hybridized carbons (Fsp3) is 0.286. The second-order valence-electron chi connectivity index (χ2n) is 6.74. The van der Waals surface area contributed by atoms with Crippen molar-refractivity contribution in [3.05, 3.63) is 77.0 Å². The molecule has 1 saturated heterocycles. The molecule has 0 bridgehead atoms. The number of ether oxygens (including phenoxy) is 1. The third-order valence-electron chi connectivity index (χ3n) is 5.10. The number of ketones is 1. The maximum absolute atomic E-state index is 13.0. The number of nitrogens with zero attached hydrogens (tertiary/aromatic N) is 1. The summed E-state index contributed by atoms with van der Waals surface area (Å²) in [6, 6.07) is 17.7. The predicted molar refractivity (Wildman–Crippen MR) is 106 cm³/mol. The van der Waals surface area contributed by atoms with Gasteiger partial charge in [0.1, 0.15) is 0 Å². The van der Waals surface area contributed by atoms with Gasteiger partial charge >= 0.3 is 0 Å². The molecule has 0 N–H and O–H groups in total. The molecule has 4 rings (SSSR count). The molecule has 1 spiro atoms. The summed E-state index contributed by atoms with van der Waals surface area (Å²) in [6.07, 6.45) is 3.10. The van der Waals surface area contributed by atoms with Crippen LogP contribution in [0, 0.1) is 0 Å². The number of Topliss-reactive ketones (excluding diaryl/α,β-unsaturated/α-hetero) is 1. The first-order chi connectivity index (χ1) is 12.2. The van der Waals surface area contributed by atoms with Crippen LogP contribution in [0.25, 0.3) is 5.57 Å². The minimum Gasteiger partial charge on any atom is -0.486 e. The van der Waals surface area contributed by atoms with Crippen molar-refractivity contribution < 1.29 is 9.53 Å². The number of benzene rings is 2. The first kappa shape index (κ1) is 19.0. The van der Waals surface area contributed by atoms with E-state index in [0.717, 1.165) is 43.1 Å². The Labute approximate surface area is 165 Å². The van der Waals surface area contributed by atoms with Crippen LogP contribution in [0.1, 0.15) is 24.0 Å². The van der Waals surface area contributed by atoms with E-state index in [-0.39, 0.29) is 18.2 Å². The molecule has 0 aliphatic carbocycles. The van der Waals surface area contributed by atoms with Gasteiger partial charge in [-0.05, 0) is 23.3 Å². The highest BCUT2D eigenvalue weighted by molar-refractivity contribution is 6.30. The Morgan fingerprint density at radius 2 is 1.77 bits per heavy atom. The zero-order chi connectivity index (χ0) is 17.3. The molecular weight excluding hydrogens is 369 g/mol. The molecular formula is C21H21Cl2NO2. The minimum atomic E-state index is -0.671.